The van der Waals surface area contributed by atoms with E-state index in [1.165, 1.54) is 6.42 Å². The van der Waals surface area contributed by atoms with Gasteiger partial charge in [-0.25, -0.2) is 4.98 Å². The van der Waals surface area contributed by atoms with E-state index in [1.807, 2.05) is 19.2 Å². The van der Waals surface area contributed by atoms with Crippen LogP contribution in [0.3, 0.4) is 0 Å². The summed E-state index contributed by atoms with van der Waals surface area (Å²) in [5.41, 5.74) is 6.69. The molecule has 1 aromatic rings. The van der Waals surface area contributed by atoms with Gasteiger partial charge in [-0.2, -0.15) is 0 Å². The molecular weight excluding hydrogens is 202 g/mol. The van der Waals surface area contributed by atoms with Crippen LogP contribution in [-0.4, -0.2) is 29.3 Å². The number of aromatic nitrogens is 1. The van der Waals surface area contributed by atoms with Crippen LogP contribution in [0.4, 0.5) is 11.5 Å². The molecular formula is C12H19N3O. The summed E-state index contributed by atoms with van der Waals surface area (Å²) in [5.74, 6) is 0.523. The number of pyridine rings is 1. The van der Waals surface area contributed by atoms with Crippen molar-refractivity contribution in [1.82, 2.24) is 4.98 Å². The number of likely N-dealkylation sites (N-methyl/N-ethyl adjacent to an activating group) is 1. The number of rotatable bonds is 2. The number of hydrogen-bond donors (Lipinski definition) is 2. The number of nitrogen functional groups attached to an aromatic ring is 1. The molecule has 2 atom stereocenters. The average Bonchev–Trinajstić information content (AvgIpc) is 2.29. The topological polar surface area (TPSA) is 62.4 Å². The molecule has 0 spiro atoms. The highest BCUT2D eigenvalue weighted by Crippen LogP contribution is 2.26. The smallest absolute Gasteiger partial charge is 0.125 e. The van der Waals surface area contributed by atoms with Crippen LogP contribution in [0.5, 0.6) is 0 Å². The lowest BCUT2D eigenvalue weighted by atomic mass is 9.91. The van der Waals surface area contributed by atoms with Gasteiger partial charge in [-0.15, -0.1) is 0 Å². The minimum Gasteiger partial charge on any atom is -0.391 e. The van der Waals surface area contributed by atoms with E-state index >= 15 is 0 Å². The molecule has 0 aliphatic heterocycles. The van der Waals surface area contributed by atoms with E-state index in [1.54, 1.807) is 6.20 Å². The van der Waals surface area contributed by atoms with Gasteiger partial charge in [0.05, 0.1) is 12.1 Å². The molecule has 3 N–H and O–H groups in total. The molecule has 0 bridgehead atoms. The molecule has 0 radical (unpaired) electrons. The molecule has 88 valence electrons. The van der Waals surface area contributed by atoms with Crippen molar-refractivity contribution in [2.75, 3.05) is 17.7 Å². The van der Waals surface area contributed by atoms with E-state index < -0.39 is 0 Å². The van der Waals surface area contributed by atoms with Crippen molar-refractivity contribution >= 4 is 11.5 Å². The van der Waals surface area contributed by atoms with E-state index in [4.69, 9.17) is 5.73 Å². The fourth-order valence-electron chi connectivity index (χ4n) is 2.39. The molecule has 1 aliphatic carbocycles. The van der Waals surface area contributed by atoms with Gasteiger partial charge in [0, 0.05) is 25.0 Å². The summed E-state index contributed by atoms with van der Waals surface area (Å²) in [4.78, 5) is 6.09. The average molecular weight is 221 g/mol. The summed E-state index contributed by atoms with van der Waals surface area (Å²) in [6.45, 7) is 0. The van der Waals surface area contributed by atoms with Crippen molar-refractivity contribution in [1.29, 1.82) is 0 Å². The van der Waals surface area contributed by atoms with Gasteiger partial charge in [0.1, 0.15) is 5.82 Å². The lowest BCUT2D eigenvalue weighted by molar-refractivity contribution is 0.106. The van der Waals surface area contributed by atoms with Crippen molar-refractivity contribution in [3.05, 3.63) is 18.3 Å². The second-order valence-corrected chi connectivity index (χ2v) is 4.47. The quantitative estimate of drug-likeness (QED) is 0.792. The van der Waals surface area contributed by atoms with Crippen molar-refractivity contribution in [3.63, 3.8) is 0 Å². The molecule has 2 unspecified atom stereocenters. The van der Waals surface area contributed by atoms with Gasteiger partial charge in [0.2, 0.25) is 0 Å². The predicted octanol–water partition coefficient (Wildman–Crippen LogP) is 1.40. The molecule has 2 rings (SSSR count). The summed E-state index contributed by atoms with van der Waals surface area (Å²) in [7, 11) is 2.01. The molecule has 4 heteroatoms. The van der Waals surface area contributed by atoms with Gasteiger partial charge in [-0.05, 0) is 18.9 Å². The maximum Gasteiger partial charge on any atom is 0.125 e. The highest BCUT2D eigenvalue weighted by molar-refractivity contribution is 5.52. The summed E-state index contributed by atoms with van der Waals surface area (Å²) < 4.78 is 0. The van der Waals surface area contributed by atoms with E-state index in [0.717, 1.165) is 24.9 Å². The third-order valence-corrected chi connectivity index (χ3v) is 3.36. The van der Waals surface area contributed by atoms with Crippen LogP contribution in [0.2, 0.25) is 0 Å². The fraction of sp³-hybridized carbons (Fsp3) is 0.583. The molecule has 0 aromatic carbocycles. The number of aliphatic hydroxyl groups is 1. The first-order valence-electron chi connectivity index (χ1n) is 5.81. The summed E-state index contributed by atoms with van der Waals surface area (Å²) in [5, 5.41) is 9.98. The Kier molecular flexibility index (Phi) is 3.29. The van der Waals surface area contributed by atoms with E-state index in [0.29, 0.717) is 5.82 Å². The van der Waals surface area contributed by atoms with Crippen LogP contribution >= 0.6 is 0 Å². The minimum atomic E-state index is -0.229. The van der Waals surface area contributed by atoms with Gasteiger partial charge in [0.15, 0.2) is 0 Å². The van der Waals surface area contributed by atoms with Crippen LogP contribution in [0.25, 0.3) is 0 Å². The Balaban J connectivity index is 2.14. The predicted molar refractivity (Wildman–Crippen MR) is 65.3 cm³/mol. The van der Waals surface area contributed by atoms with Crippen LogP contribution in [0.15, 0.2) is 18.3 Å². The Morgan fingerprint density at radius 1 is 1.44 bits per heavy atom. The van der Waals surface area contributed by atoms with Crippen molar-refractivity contribution in [3.8, 4) is 0 Å². The third-order valence-electron chi connectivity index (χ3n) is 3.36. The van der Waals surface area contributed by atoms with Gasteiger partial charge in [-0.3, -0.25) is 0 Å². The first kappa shape index (κ1) is 11.2. The second kappa shape index (κ2) is 4.70. The fourth-order valence-corrected chi connectivity index (χ4v) is 2.39. The Labute approximate surface area is 96.1 Å². The maximum absolute atomic E-state index is 9.98. The summed E-state index contributed by atoms with van der Waals surface area (Å²) in [6.07, 6.45) is 5.73. The second-order valence-electron chi connectivity index (χ2n) is 4.47. The van der Waals surface area contributed by atoms with Crippen LogP contribution in [0.1, 0.15) is 25.7 Å². The number of nitrogens with two attached hydrogens (primary N) is 1. The van der Waals surface area contributed by atoms with E-state index in [-0.39, 0.29) is 12.1 Å². The normalized spacial score (nSPS) is 25.4. The molecule has 16 heavy (non-hydrogen) atoms. The van der Waals surface area contributed by atoms with Gasteiger partial charge >= 0.3 is 0 Å². The van der Waals surface area contributed by atoms with Gasteiger partial charge in [-0.1, -0.05) is 12.8 Å². The molecule has 0 saturated heterocycles. The molecule has 1 aromatic heterocycles. The van der Waals surface area contributed by atoms with Gasteiger partial charge in [0.25, 0.3) is 0 Å². The molecule has 1 heterocycles. The largest absolute Gasteiger partial charge is 0.391 e. The Bertz CT molecular complexity index is 356. The summed E-state index contributed by atoms with van der Waals surface area (Å²) in [6, 6.07) is 3.98. The number of anilines is 2. The Morgan fingerprint density at radius 2 is 2.19 bits per heavy atom. The van der Waals surface area contributed by atoms with Crippen molar-refractivity contribution in [2.45, 2.75) is 37.8 Å². The zero-order chi connectivity index (χ0) is 11.5. The zero-order valence-corrected chi connectivity index (χ0v) is 9.63. The van der Waals surface area contributed by atoms with Crippen molar-refractivity contribution < 1.29 is 5.11 Å². The lowest BCUT2D eigenvalue weighted by Gasteiger charge is -2.36. The first-order chi connectivity index (χ1) is 7.68. The molecule has 1 aliphatic rings. The Hall–Kier alpha value is -1.29. The zero-order valence-electron chi connectivity index (χ0n) is 9.63. The number of hydrogen-bond acceptors (Lipinski definition) is 4. The van der Waals surface area contributed by atoms with Gasteiger partial charge < -0.3 is 15.7 Å². The van der Waals surface area contributed by atoms with Crippen LogP contribution in [0, 0.1) is 0 Å². The third kappa shape index (κ3) is 2.27. The first-order valence-corrected chi connectivity index (χ1v) is 5.81. The highest BCUT2D eigenvalue weighted by Gasteiger charge is 2.26. The lowest BCUT2D eigenvalue weighted by Crippen LogP contribution is -2.43. The van der Waals surface area contributed by atoms with E-state index in [2.05, 4.69) is 9.88 Å². The van der Waals surface area contributed by atoms with E-state index in [9.17, 15) is 5.11 Å². The van der Waals surface area contributed by atoms with Crippen LogP contribution < -0.4 is 10.6 Å². The maximum atomic E-state index is 9.98. The molecule has 1 saturated carbocycles. The van der Waals surface area contributed by atoms with Crippen LogP contribution in [-0.2, 0) is 0 Å². The monoisotopic (exact) mass is 221 g/mol. The molecule has 1 fully saturated rings. The molecule has 0 amide bonds. The van der Waals surface area contributed by atoms with Crippen molar-refractivity contribution in [2.24, 2.45) is 0 Å². The minimum absolute atomic E-state index is 0.204. The summed E-state index contributed by atoms with van der Waals surface area (Å²) >= 11 is 0. The Morgan fingerprint density at radius 3 is 2.88 bits per heavy atom. The molecule has 4 nitrogen and oxygen atoms in total. The SMILES string of the molecule is CN(c1ccnc(N)c1)C1CCCCC1O. The standard InChI is InChI=1S/C12H19N3O/c1-15(9-6-7-14-12(13)8-9)10-4-2-3-5-11(10)16/h6-8,10-11,16H,2-5H2,1H3,(H2,13,14). The highest BCUT2D eigenvalue weighted by atomic mass is 16.3. The number of aliphatic hydroxyl groups excluding tert-OH is 1. The number of nitrogens with zero attached hydrogens (tertiary/aromatic N) is 2.